The molecule has 0 atom stereocenters. The van der Waals surface area contributed by atoms with E-state index in [4.69, 9.17) is 14.0 Å². The molecule has 96 valence electrons. The van der Waals surface area contributed by atoms with Gasteiger partial charge in [-0.2, -0.15) is 15.0 Å². The second-order valence-corrected chi connectivity index (χ2v) is 3.22. The molecular weight excluding hydrogens is 240 g/mol. The van der Waals surface area contributed by atoms with Gasteiger partial charge in [0.1, 0.15) is 0 Å². The Bertz CT molecular complexity index is 507. The predicted molar refractivity (Wildman–Crippen MR) is 59.3 cm³/mol. The van der Waals surface area contributed by atoms with E-state index >= 15 is 0 Å². The number of nitrogens with one attached hydrogen (secondary N) is 1. The lowest BCUT2D eigenvalue weighted by molar-refractivity contribution is 0.341. The third-order valence-corrected chi connectivity index (χ3v) is 1.93. The van der Waals surface area contributed by atoms with E-state index in [1.165, 1.54) is 14.2 Å². The summed E-state index contributed by atoms with van der Waals surface area (Å²) >= 11 is 0. The summed E-state index contributed by atoms with van der Waals surface area (Å²) in [6.45, 7) is 2.04. The topological polar surface area (TPSA) is 108 Å². The number of aryl methyl sites for hydroxylation is 1. The molecule has 0 aliphatic carbocycles. The van der Waals surface area contributed by atoms with Crippen LogP contribution >= 0.6 is 0 Å². The number of hydrogen-bond donors (Lipinski definition) is 1. The maximum atomic E-state index is 4.92. The van der Waals surface area contributed by atoms with E-state index in [1.54, 1.807) is 6.92 Å². The number of rotatable bonds is 5. The van der Waals surface area contributed by atoms with Crippen LogP contribution in [0.2, 0.25) is 0 Å². The van der Waals surface area contributed by atoms with Crippen LogP contribution in [0.15, 0.2) is 4.52 Å². The molecule has 18 heavy (non-hydrogen) atoms. The first kappa shape index (κ1) is 12.0. The average Bonchev–Trinajstić information content (AvgIpc) is 2.81. The molecule has 0 fully saturated rings. The van der Waals surface area contributed by atoms with E-state index < -0.39 is 0 Å². The van der Waals surface area contributed by atoms with Crippen molar-refractivity contribution < 1.29 is 14.0 Å². The van der Waals surface area contributed by atoms with Crippen LogP contribution in [0.1, 0.15) is 11.7 Å². The summed E-state index contributed by atoms with van der Waals surface area (Å²) in [6.07, 6.45) is 0. The molecule has 0 saturated heterocycles. The lowest BCUT2D eigenvalue weighted by Crippen LogP contribution is -2.08. The van der Waals surface area contributed by atoms with Gasteiger partial charge in [-0.1, -0.05) is 5.16 Å². The molecule has 9 heteroatoms. The number of methoxy groups -OCH3 is 2. The summed E-state index contributed by atoms with van der Waals surface area (Å²) in [5.41, 5.74) is 0. The molecule has 0 aliphatic heterocycles. The van der Waals surface area contributed by atoms with E-state index in [1.807, 2.05) is 0 Å². The zero-order valence-electron chi connectivity index (χ0n) is 10.2. The molecule has 9 nitrogen and oxygen atoms in total. The summed E-state index contributed by atoms with van der Waals surface area (Å²) in [6, 6.07) is 0.322. The Labute approximate surface area is 103 Å². The number of anilines is 1. The summed E-state index contributed by atoms with van der Waals surface area (Å²) in [5.74, 6) is 1.31. The Morgan fingerprint density at radius 2 is 1.72 bits per heavy atom. The number of nitrogens with zero attached hydrogens (tertiary/aromatic N) is 5. The lowest BCUT2D eigenvalue weighted by Gasteiger charge is -2.05. The quantitative estimate of drug-likeness (QED) is 0.797. The molecular formula is C9H12N6O3. The van der Waals surface area contributed by atoms with Gasteiger partial charge in [0.15, 0.2) is 5.82 Å². The van der Waals surface area contributed by atoms with Gasteiger partial charge < -0.3 is 19.3 Å². The second kappa shape index (κ2) is 5.25. The smallest absolute Gasteiger partial charge is 0.324 e. The Morgan fingerprint density at radius 3 is 2.22 bits per heavy atom. The van der Waals surface area contributed by atoms with E-state index in [0.717, 1.165) is 0 Å². The number of hydrogen-bond acceptors (Lipinski definition) is 9. The van der Waals surface area contributed by atoms with Crippen molar-refractivity contribution in [2.75, 3.05) is 19.5 Å². The SMILES string of the molecule is COc1nc(NCc2noc(C)n2)nc(OC)n1. The maximum Gasteiger partial charge on any atom is 0.324 e. The predicted octanol–water partition coefficient (Wildman–Crippen LogP) is 0.192. The van der Waals surface area contributed by atoms with Crippen LogP contribution in [-0.4, -0.2) is 39.3 Å². The number of ether oxygens (including phenoxy) is 2. The van der Waals surface area contributed by atoms with Crippen molar-refractivity contribution in [2.45, 2.75) is 13.5 Å². The van der Waals surface area contributed by atoms with Crippen LogP contribution < -0.4 is 14.8 Å². The van der Waals surface area contributed by atoms with Crippen molar-refractivity contribution in [3.8, 4) is 12.0 Å². The summed E-state index contributed by atoms with van der Waals surface area (Å²) < 4.78 is 14.7. The third-order valence-electron chi connectivity index (χ3n) is 1.93. The van der Waals surface area contributed by atoms with E-state index in [9.17, 15) is 0 Å². The van der Waals surface area contributed by atoms with Gasteiger partial charge in [0.2, 0.25) is 11.8 Å². The highest BCUT2D eigenvalue weighted by Gasteiger charge is 2.08. The standard InChI is InChI=1S/C9H12N6O3/c1-5-11-6(15-18-5)4-10-7-12-8(16-2)14-9(13-7)17-3/h4H2,1-3H3,(H,10,12,13,14). The van der Waals surface area contributed by atoms with Crippen molar-refractivity contribution >= 4 is 5.95 Å². The van der Waals surface area contributed by atoms with Crippen LogP contribution in [0.3, 0.4) is 0 Å². The lowest BCUT2D eigenvalue weighted by atomic mass is 10.6. The van der Waals surface area contributed by atoms with Crippen molar-refractivity contribution in [1.29, 1.82) is 0 Å². The molecule has 0 unspecified atom stereocenters. The first-order valence-corrected chi connectivity index (χ1v) is 5.08. The fourth-order valence-electron chi connectivity index (χ4n) is 1.17. The highest BCUT2D eigenvalue weighted by Crippen LogP contribution is 2.12. The van der Waals surface area contributed by atoms with Gasteiger partial charge >= 0.3 is 12.0 Å². The van der Waals surface area contributed by atoms with Gasteiger partial charge in [-0.15, -0.1) is 4.98 Å². The molecule has 0 amide bonds. The Balaban J connectivity index is 2.08. The molecule has 0 saturated carbocycles. The monoisotopic (exact) mass is 252 g/mol. The molecule has 0 radical (unpaired) electrons. The van der Waals surface area contributed by atoms with Crippen LogP contribution in [0.5, 0.6) is 12.0 Å². The van der Waals surface area contributed by atoms with Crippen molar-refractivity contribution in [1.82, 2.24) is 25.1 Å². The molecule has 0 aliphatic rings. The molecule has 2 aromatic heterocycles. The molecule has 2 heterocycles. The Kier molecular flexibility index (Phi) is 3.51. The van der Waals surface area contributed by atoms with E-state index in [2.05, 4.69) is 30.4 Å². The fourth-order valence-corrected chi connectivity index (χ4v) is 1.17. The zero-order valence-corrected chi connectivity index (χ0v) is 10.2. The van der Waals surface area contributed by atoms with Gasteiger partial charge in [-0.05, 0) is 0 Å². The van der Waals surface area contributed by atoms with Gasteiger partial charge in [-0.3, -0.25) is 0 Å². The van der Waals surface area contributed by atoms with Crippen LogP contribution in [-0.2, 0) is 6.54 Å². The minimum absolute atomic E-state index is 0.161. The van der Waals surface area contributed by atoms with Crippen molar-refractivity contribution in [3.63, 3.8) is 0 Å². The highest BCUT2D eigenvalue weighted by molar-refractivity contribution is 5.27. The Morgan fingerprint density at radius 1 is 1.06 bits per heavy atom. The molecule has 0 bridgehead atoms. The van der Waals surface area contributed by atoms with Crippen LogP contribution in [0.25, 0.3) is 0 Å². The van der Waals surface area contributed by atoms with Gasteiger partial charge in [-0.25, -0.2) is 0 Å². The van der Waals surface area contributed by atoms with Crippen LogP contribution in [0.4, 0.5) is 5.95 Å². The largest absolute Gasteiger partial charge is 0.467 e. The molecule has 1 N–H and O–H groups in total. The molecule has 2 rings (SSSR count). The van der Waals surface area contributed by atoms with Crippen molar-refractivity contribution in [3.05, 3.63) is 11.7 Å². The minimum atomic E-state index is 0.161. The maximum absolute atomic E-state index is 4.92. The molecule has 0 spiro atoms. The minimum Gasteiger partial charge on any atom is -0.467 e. The normalized spacial score (nSPS) is 10.2. The summed E-state index contributed by atoms with van der Waals surface area (Å²) in [4.78, 5) is 15.9. The summed E-state index contributed by atoms with van der Waals surface area (Å²) in [5, 5.41) is 6.65. The summed E-state index contributed by atoms with van der Waals surface area (Å²) in [7, 11) is 2.92. The van der Waals surface area contributed by atoms with E-state index in [-0.39, 0.29) is 12.0 Å². The first-order chi connectivity index (χ1) is 8.71. The van der Waals surface area contributed by atoms with Gasteiger partial charge in [0.05, 0.1) is 20.8 Å². The zero-order chi connectivity index (χ0) is 13.0. The van der Waals surface area contributed by atoms with Crippen LogP contribution in [0, 0.1) is 6.92 Å². The third kappa shape index (κ3) is 2.81. The van der Waals surface area contributed by atoms with Gasteiger partial charge in [0, 0.05) is 6.92 Å². The number of aromatic nitrogens is 5. The Hall–Kier alpha value is -2.45. The molecule has 2 aromatic rings. The first-order valence-electron chi connectivity index (χ1n) is 5.08. The van der Waals surface area contributed by atoms with Crippen molar-refractivity contribution in [2.24, 2.45) is 0 Å². The fraction of sp³-hybridized carbons (Fsp3) is 0.444. The second-order valence-electron chi connectivity index (χ2n) is 3.22. The molecule has 0 aromatic carbocycles. The van der Waals surface area contributed by atoms with Gasteiger partial charge in [0.25, 0.3) is 0 Å². The highest BCUT2D eigenvalue weighted by atomic mass is 16.5. The van der Waals surface area contributed by atoms with E-state index in [0.29, 0.717) is 24.2 Å². The average molecular weight is 252 g/mol.